The van der Waals surface area contributed by atoms with Gasteiger partial charge in [-0.25, -0.2) is 9.67 Å². The molecule has 15 heavy (non-hydrogen) atoms. The van der Waals surface area contributed by atoms with Gasteiger partial charge in [0.05, 0.1) is 0 Å². The van der Waals surface area contributed by atoms with Crippen molar-refractivity contribution < 1.29 is 0 Å². The molecule has 0 aliphatic heterocycles. The Bertz CT molecular complexity index is 421. The van der Waals surface area contributed by atoms with Crippen molar-refractivity contribution in [2.45, 2.75) is 26.2 Å². The molecule has 0 aliphatic rings. The number of aromatic nitrogens is 3. The molecular weight excluding hydrogens is 186 g/mol. The zero-order valence-corrected chi connectivity index (χ0v) is 9.31. The van der Waals surface area contributed by atoms with E-state index in [2.05, 4.69) is 36.9 Å². The van der Waals surface area contributed by atoms with E-state index in [4.69, 9.17) is 0 Å². The van der Waals surface area contributed by atoms with Gasteiger partial charge in [-0.3, -0.25) is 0 Å². The molecule has 0 spiro atoms. The van der Waals surface area contributed by atoms with Crippen LogP contribution in [0.3, 0.4) is 0 Å². The summed E-state index contributed by atoms with van der Waals surface area (Å²) in [6.45, 7) is 6.53. The van der Waals surface area contributed by atoms with Crippen LogP contribution in [0.4, 0.5) is 0 Å². The molecule has 0 N–H and O–H groups in total. The highest BCUT2D eigenvalue weighted by Crippen LogP contribution is 2.21. The second-order valence-electron chi connectivity index (χ2n) is 4.61. The maximum Gasteiger partial charge on any atom is 0.153 e. The second-order valence-corrected chi connectivity index (χ2v) is 4.61. The van der Waals surface area contributed by atoms with Crippen LogP contribution in [0.5, 0.6) is 0 Å². The summed E-state index contributed by atoms with van der Waals surface area (Å²) in [6, 6.07) is 5.98. The molecule has 0 unspecified atom stereocenters. The van der Waals surface area contributed by atoms with Crippen molar-refractivity contribution in [3.05, 3.63) is 42.4 Å². The van der Waals surface area contributed by atoms with Gasteiger partial charge in [0.2, 0.25) is 0 Å². The smallest absolute Gasteiger partial charge is 0.153 e. The fourth-order valence-corrected chi connectivity index (χ4v) is 1.37. The highest BCUT2D eigenvalue weighted by molar-refractivity contribution is 5.27. The third-order valence-corrected chi connectivity index (χ3v) is 2.35. The van der Waals surface area contributed by atoms with Crippen molar-refractivity contribution in [2.24, 2.45) is 0 Å². The monoisotopic (exact) mass is 201 g/mol. The van der Waals surface area contributed by atoms with Crippen molar-refractivity contribution in [2.75, 3.05) is 0 Å². The van der Waals surface area contributed by atoms with E-state index in [-0.39, 0.29) is 5.41 Å². The summed E-state index contributed by atoms with van der Waals surface area (Å²) < 4.78 is 1.76. The van der Waals surface area contributed by atoms with Crippen LogP contribution < -0.4 is 0 Å². The normalized spacial score (nSPS) is 11.7. The molecule has 3 nitrogen and oxygen atoms in total. The SMILES string of the molecule is CC(C)(C)c1ccc(-n2cccn2)nc1. The molecular formula is C12H15N3. The molecule has 0 aromatic carbocycles. The zero-order chi connectivity index (χ0) is 10.9. The predicted molar refractivity (Wildman–Crippen MR) is 60.1 cm³/mol. The fraction of sp³-hybridized carbons (Fsp3) is 0.333. The Morgan fingerprint density at radius 3 is 2.47 bits per heavy atom. The van der Waals surface area contributed by atoms with Crippen LogP contribution in [0.25, 0.3) is 5.82 Å². The molecule has 0 atom stereocenters. The van der Waals surface area contributed by atoms with Crippen LogP contribution in [0.2, 0.25) is 0 Å². The van der Waals surface area contributed by atoms with E-state index in [1.165, 1.54) is 5.56 Å². The van der Waals surface area contributed by atoms with Crippen molar-refractivity contribution in [3.63, 3.8) is 0 Å². The van der Waals surface area contributed by atoms with Crippen LogP contribution >= 0.6 is 0 Å². The Balaban J connectivity index is 2.33. The van der Waals surface area contributed by atoms with Gasteiger partial charge in [0.25, 0.3) is 0 Å². The summed E-state index contributed by atoms with van der Waals surface area (Å²) in [5, 5.41) is 4.13. The first-order chi connectivity index (χ1) is 7.07. The van der Waals surface area contributed by atoms with Crippen LogP contribution in [0, 0.1) is 0 Å². The largest absolute Gasteiger partial charge is 0.237 e. The lowest BCUT2D eigenvalue weighted by Gasteiger charge is -2.18. The second kappa shape index (κ2) is 3.50. The van der Waals surface area contributed by atoms with Crippen molar-refractivity contribution in [3.8, 4) is 5.82 Å². The van der Waals surface area contributed by atoms with E-state index in [1.54, 1.807) is 10.9 Å². The minimum Gasteiger partial charge on any atom is -0.237 e. The Hall–Kier alpha value is -1.64. The summed E-state index contributed by atoms with van der Waals surface area (Å²) in [5.41, 5.74) is 1.38. The number of nitrogens with zero attached hydrogens (tertiary/aromatic N) is 3. The quantitative estimate of drug-likeness (QED) is 0.710. The van der Waals surface area contributed by atoms with E-state index in [0.29, 0.717) is 0 Å². The van der Waals surface area contributed by atoms with E-state index >= 15 is 0 Å². The van der Waals surface area contributed by atoms with Crippen LogP contribution in [-0.4, -0.2) is 14.8 Å². The molecule has 78 valence electrons. The molecule has 2 aromatic heterocycles. The molecule has 0 radical (unpaired) electrons. The van der Waals surface area contributed by atoms with Gasteiger partial charge in [-0.2, -0.15) is 5.10 Å². The van der Waals surface area contributed by atoms with Crippen LogP contribution in [0.15, 0.2) is 36.8 Å². The van der Waals surface area contributed by atoms with E-state index in [9.17, 15) is 0 Å². The number of hydrogen-bond acceptors (Lipinski definition) is 2. The third-order valence-electron chi connectivity index (χ3n) is 2.35. The van der Waals surface area contributed by atoms with Crippen molar-refractivity contribution in [1.82, 2.24) is 14.8 Å². The molecule has 0 aliphatic carbocycles. The molecule has 2 rings (SSSR count). The fourth-order valence-electron chi connectivity index (χ4n) is 1.37. The number of hydrogen-bond donors (Lipinski definition) is 0. The van der Waals surface area contributed by atoms with Crippen molar-refractivity contribution >= 4 is 0 Å². The average molecular weight is 201 g/mol. The lowest BCUT2D eigenvalue weighted by atomic mass is 9.88. The summed E-state index contributed by atoms with van der Waals surface area (Å²) in [4.78, 5) is 4.39. The summed E-state index contributed by atoms with van der Waals surface area (Å²) >= 11 is 0. The first-order valence-corrected chi connectivity index (χ1v) is 5.04. The summed E-state index contributed by atoms with van der Waals surface area (Å²) in [6.07, 6.45) is 5.55. The van der Waals surface area contributed by atoms with Crippen LogP contribution in [-0.2, 0) is 5.41 Å². The Morgan fingerprint density at radius 2 is 2.00 bits per heavy atom. The van der Waals surface area contributed by atoms with E-state index in [0.717, 1.165) is 5.82 Å². The van der Waals surface area contributed by atoms with Gasteiger partial charge in [0.15, 0.2) is 5.82 Å². The standard InChI is InChI=1S/C12H15N3/c1-12(2,3)10-5-6-11(13-9-10)15-8-4-7-14-15/h4-9H,1-3H3. The molecule has 0 saturated heterocycles. The lowest BCUT2D eigenvalue weighted by molar-refractivity contribution is 0.586. The van der Waals surface area contributed by atoms with Gasteiger partial charge >= 0.3 is 0 Å². The molecule has 2 aromatic rings. The minimum atomic E-state index is 0.148. The molecule has 0 amide bonds. The molecule has 2 heterocycles. The number of rotatable bonds is 1. The molecule has 0 saturated carbocycles. The third kappa shape index (κ3) is 2.06. The maximum atomic E-state index is 4.39. The van der Waals surface area contributed by atoms with Crippen molar-refractivity contribution in [1.29, 1.82) is 0 Å². The topological polar surface area (TPSA) is 30.7 Å². The number of pyridine rings is 1. The summed E-state index contributed by atoms with van der Waals surface area (Å²) in [5.74, 6) is 0.855. The van der Waals surface area contributed by atoms with Gasteiger partial charge in [-0.15, -0.1) is 0 Å². The highest BCUT2D eigenvalue weighted by Gasteiger charge is 2.13. The lowest BCUT2D eigenvalue weighted by Crippen LogP contribution is -2.11. The molecule has 3 heteroatoms. The average Bonchev–Trinajstić information content (AvgIpc) is 2.69. The maximum absolute atomic E-state index is 4.39. The van der Waals surface area contributed by atoms with E-state index < -0.39 is 0 Å². The summed E-state index contributed by atoms with van der Waals surface area (Å²) in [7, 11) is 0. The first-order valence-electron chi connectivity index (χ1n) is 5.04. The van der Waals surface area contributed by atoms with Gasteiger partial charge in [-0.1, -0.05) is 26.8 Å². The van der Waals surface area contributed by atoms with Gasteiger partial charge in [0.1, 0.15) is 0 Å². The first kappa shape index (κ1) is 9.90. The Labute approximate surface area is 89.8 Å². The predicted octanol–water partition coefficient (Wildman–Crippen LogP) is 2.56. The van der Waals surface area contributed by atoms with Gasteiger partial charge in [0, 0.05) is 18.6 Å². The highest BCUT2D eigenvalue weighted by atomic mass is 15.3. The zero-order valence-electron chi connectivity index (χ0n) is 9.31. The molecule has 0 fully saturated rings. The van der Waals surface area contributed by atoms with Gasteiger partial charge < -0.3 is 0 Å². The van der Waals surface area contributed by atoms with E-state index in [1.807, 2.05) is 24.5 Å². The minimum absolute atomic E-state index is 0.148. The Morgan fingerprint density at radius 1 is 1.20 bits per heavy atom. The molecule has 0 bridgehead atoms. The Kier molecular flexibility index (Phi) is 2.31. The van der Waals surface area contributed by atoms with Gasteiger partial charge in [-0.05, 0) is 23.1 Å². The van der Waals surface area contributed by atoms with Crippen LogP contribution in [0.1, 0.15) is 26.3 Å².